The van der Waals surface area contributed by atoms with Crippen LogP contribution in [0.25, 0.3) is 0 Å². The molecule has 3 aromatic rings. The van der Waals surface area contributed by atoms with E-state index in [1.165, 1.54) is 5.56 Å². The van der Waals surface area contributed by atoms with Gasteiger partial charge in [-0.05, 0) is 34.7 Å². The number of hydrogen-bond acceptors (Lipinski definition) is 3. The van der Waals surface area contributed by atoms with Gasteiger partial charge in [0.05, 0.1) is 5.75 Å². The maximum absolute atomic E-state index is 12.6. The maximum atomic E-state index is 12.6. The van der Waals surface area contributed by atoms with Crippen molar-refractivity contribution in [1.82, 2.24) is 10.2 Å². The summed E-state index contributed by atoms with van der Waals surface area (Å²) in [6.45, 7) is 3.29. The fourth-order valence-corrected chi connectivity index (χ4v) is 4.92. The molecule has 0 unspecified atom stereocenters. The average Bonchev–Trinajstić information content (AvgIpc) is 3.18. The first-order valence-corrected chi connectivity index (χ1v) is 11.5. The third-order valence-corrected chi connectivity index (χ3v) is 6.82. The van der Waals surface area contributed by atoms with Gasteiger partial charge in [0, 0.05) is 18.7 Å². The molecule has 0 saturated carbocycles. The van der Waals surface area contributed by atoms with Gasteiger partial charge < -0.3 is 10.2 Å². The lowest BCUT2D eigenvalue weighted by Crippen LogP contribution is -2.28. The summed E-state index contributed by atoms with van der Waals surface area (Å²) in [5.74, 6) is 0.801. The topological polar surface area (TPSA) is 49.4 Å². The molecule has 1 saturated heterocycles. The Labute approximate surface area is 187 Å². The SMILES string of the molecule is C[C@@H](CNC(=O)c1ccc([C@H]2SCC(=O)N2Cc2ccccc2)cc1)c1ccccc1. The van der Waals surface area contributed by atoms with Gasteiger partial charge in [0.1, 0.15) is 5.37 Å². The summed E-state index contributed by atoms with van der Waals surface area (Å²) in [6, 6.07) is 27.8. The third-order valence-electron chi connectivity index (χ3n) is 5.56. The number of thioether (sulfide) groups is 1. The number of nitrogens with one attached hydrogen (secondary N) is 1. The number of carbonyl (C=O) groups excluding carboxylic acids is 2. The summed E-state index contributed by atoms with van der Waals surface area (Å²) in [5, 5.41) is 3.00. The summed E-state index contributed by atoms with van der Waals surface area (Å²) >= 11 is 1.63. The van der Waals surface area contributed by atoms with E-state index in [4.69, 9.17) is 0 Å². The number of benzene rings is 3. The summed E-state index contributed by atoms with van der Waals surface area (Å²) < 4.78 is 0. The second-order valence-electron chi connectivity index (χ2n) is 7.81. The Balaban J connectivity index is 1.39. The molecule has 1 N–H and O–H groups in total. The highest BCUT2D eigenvalue weighted by molar-refractivity contribution is 8.00. The smallest absolute Gasteiger partial charge is 0.251 e. The van der Waals surface area contributed by atoms with Gasteiger partial charge in [-0.1, -0.05) is 79.7 Å². The highest BCUT2D eigenvalue weighted by Gasteiger charge is 2.32. The fraction of sp³-hybridized carbons (Fsp3) is 0.231. The summed E-state index contributed by atoms with van der Waals surface area (Å²) in [5.41, 5.74) is 4.00. The quantitative estimate of drug-likeness (QED) is 0.574. The zero-order valence-electron chi connectivity index (χ0n) is 17.5. The monoisotopic (exact) mass is 430 g/mol. The van der Waals surface area contributed by atoms with E-state index in [1.807, 2.05) is 77.7 Å². The largest absolute Gasteiger partial charge is 0.351 e. The zero-order chi connectivity index (χ0) is 21.6. The van der Waals surface area contributed by atoms with Crippen LogP contribution in [0.1, 0.15) is 45.3 Å². The van der Waals surface area contributed by atoms with Crippen LogP contribution >= 0.6 is 11.8 Å². The van der Waals surface area contributed by atoms with Crippen molar-refractivity contribution in [3.63, 3.8) is 0 Å². The van der Waals surface area contributed by atoms with E-state index >= 15 is 0 Å². The van der Waals surface area contributed by atoms with Gasteiger partial charge in [-0.15, -0.1) is 11.8 Å². The van der Waals surface area contributed by atoms with Crippen molar-refractivity contribution in [2.75, 3.05) is 12.3 Å². The van der Waals surface area contributed by atoms with Gasteiger partial charge in [0.2, 0.25) is 5.91 Å². The second kappa shape index (κ2) is 9.84. The Morgan fingerprint density at radius 2 is 1.65 bits per heavy atom. The molecule has 0 bridgehead atoms. The number of amides is 2. The lowest BCUT2D eigenvalue weighted by molar-refractivity contribution is -0.128. The molecule has 1 heterocycles. The highest BCUT2D eigenvalue weighted by Crippen LogP contribution is 2.39. The molecule has 1 aliphatic heterocycles. The number of rotatable bonds is 7. The first-order valence-electron chi connectivity index (χ1n) is 10.5. The average molecular weight is 431 g/mol. The predicted octanol–water partition coefficient (Wildman–Crippen LogP) is 4.99. The Hall–Kier alpha value is -3.05. The Morgan fingerprint density at radius 1 is 1.00 bits per heavy atom. The molecular formula is C26H26N2O2S. The van der Waals surface area contributed by atoms with Crippen LogP contribution in [0.4, 0.5) is 0 Å². The molecule has 2 amide bonds. The van der Waals surface area contributed by atoms with Crippen molar-refractivity contribution in [2.24, 2.45) is 0 Å². The first-order chi connectivity index (χ1) is 15.1. The van der Waals surface area contributed by atoms with Crippen molar-refractivity contribution < 1.29 is 9.59 Å². The van der Waals surface area contributed by atoms with Crippen molar-refractivity contribution >= 4 is 23.6 Å². The van der Waals surface area contributed by atoms with Crippen LogP contribution in [0, 0.1) is 0 Å². The van der Waals surface area contributed by atoms with Crippen LogP contribution in [0.15, 0.2) is 84.9 Å². The molecule has 0 aliphatic carbocycles. The Morgan fingerprint density at radius 3 is 2.32 bits per heavy atom. The van der Waals surface area contributed by atoms with E-state index in [1.54, 1.807) is 11.8 Å². The predicted molar refractivity (Wildman–Crippen MR) is 126 cm³/mol. The standard InChI is InChI=1S/C26H26N2O2S/c1-19(21-10-6-3-7-11-21)16-27-25(30)22-12-14-23(15-13-22)26-28(24(29)18-31-26)17-20-8-4-2-5-9-20/h2-15,19,26H,16-18H2,1H3,(H,27,30)/t19-,26+/m0/s1. The third kappa shape index (κ3) is 5.17. The van der Waals surface area contributed by atoms with Gasteiger partial charge >= 0.3 is 0 Å². The molecular weight excluding hydrogens is 404 g/mol. The van der Waals surface area contributed by atoms with Crippen LogP contribution in [0.5, 0.6) is 0 Å². The van der Waals surface area contributed by atoms with E-state index in [9.17, 15) is 9.59 Å². The Kier molecular flexibility index (Phi) is 6.73. The maximum Gasteiger partial charge on any atom is 0.251 e. The van der Waals surface area contributed by atoms with Gasteiger partial charge in [0.15, 0.2) is 0 Å². The van der Waals surface area contributed by atoms with Crippen LogP contribution < -0.4 is 5.32 Å². The summed E-state index contributed by atoms with van der Waals surface area (Å²) in [7, 11) is 0. The van der Waals surface area contributed by atoms with Gasteiger partial charge in [0.25, 0.3) is 5.91 Å². The van der Waals surface area contributed by atoms with Crippen LogP contribution in [-0.4, -0.2) is 29.0 Å². The van der Waals surface area contributed by atoms with Gasteiger partial charge in [-0.25, -0.2) is 0 Å². The van der Waals surface area contributed by atoms with Gasteiger partial charge in [-0.3, -0.25) is 9.59 Å². The molecule has 3 aromatic carbocycles. The van der Waals surface area contributed by atoms with Crippen LogP contribution in [0.3, 0.4) is 0 Å². The number of hydrogen-bond donors (Lipinski definition) is 1. The van der Waals surface area contributed by atoms with Crippen LogP contribution in [-0.2, 0) is 11.3 Å². The van der Waals surface area contributed by atoms with E-state index in [0.29, 0.717) is 24.4 Å². The zero-order valence-corrected chi connectivity index (χ0v) is 18.3. The molecule has 0 radical (unpaired) electrons. The van der Waals surface area contributed by atoms with E-state index in [2.05, 4.69) is 24.4 Å². The summed E-state index contributed by atoms with van der Waals surface area (Å²) in [4.78, 5) is 26.9. The molecule has 4 rings (SSSR count). The molecule has 158 valence electrons. The highest BCUT2D eigenvalue weighted by atomic mass is 32.2. The van der Waals surface area contributed by atoms with Crippen LogP contribution in [0.2, 0.25) is 0 Å². The van der Waals surface area contributed by atoms with Crippen molar-refractivity contribution in [2.45, 2.75) is 24.8 Å². The normalized spacial score (nSPS) is 16.9. The minimum absolute atomic E-state index is 0.0251. The van der Waals surface area contributed by atoms with E-state index < -0.39 is 0 Å². The first kappa shape index (κ1) is 21.2. The minimum atomic E-state index is -0.0781. The number of carbonyl (C=O) groups is 2. The lowest BCUT2D eigenvalue weighted by Gasteiger charge is -2.24. The molecule has 31 heavy (non-hydrogen) atoms. The molecule has 4 nitrogen and oxygen atoms in total. The minimum Gasteiger partial charge on any atom is -0.351 e. The van der Waals surface area contributed by atoms with E-state index in [0.717, 1.165) is 11.1 Å². The van der Waals surface area contributed by atoms with Crippen molar-refractivity contribution in [3.05, 3.63) is 107 Å². The molecule has 0 spiro atoms. The molecule has 5 heteroatoms. The molecule has 2 atom stereocenters. The Bertz CT molecular complexity index is 1020. The summed E-state index contributed by atoms with van der Waals surface area (Å²) in [6.07, 6.45) is 0. The van der Waals surface area contributed by atoms with Crippen molar-refractivity contribution in [3.8, 4) is 0 Å². The molecule has 1 aliphatic rings. The second-order valence-corrected chi connectivity index (χ2v) is 8.88. The van der Waals surface area contributed by atoms with E-state index in [-0.39, 0.29) is 23.1 Å². The van der Waals surface area contributed by atoms with Gasteiger partial charge in [-0.2, -0.15) is 0 Å². The van der Waals surface area contributed by atoms with Crippen molar-refractivity contribution in [1.29, 1.82) is 0 Å². The molecule has 1 fully saturated rings. The lowest BCUT2D eigenvalue weighted by atomic mass is 10.0. The number of nitrogens with zero attached hydrogens (tertiary/aromatic N) is 1. The fourth-order valence-electron chi connectivity index (χ4n) is 3.73. The molecule has 0 aromatic heterocycles.